The summed E-state index contributed by atoms with van der Waals surface area (Å²) < 4.78 is 11.4. The molecule has 3 aromatic rings. The van der Waals surface area contributed by atoms with Crippen molar-refractivity contribution < 1.29 is 14.3 Å². The topological polar surface area (TPSA) is 73.3 Å². The van der Waals surface area contributed by atoms with Crippen LogP contribution in [0.1, 0.15) is 28.6 Å². The van der Waals surface area contributed by atoms with Gasteiger partial charge in [-0.05, 0) is 49.1 Å². The normalized spacial score (nSPS) is 10.6. The van der Waals surface area contributed by atoms with Gasteiger partial charge in [0.2, 0.25) is 5.13 Å². The van der Waals surface area contributed by atoms with E-state index in [9.17, 15) is 4.79 Å². The van der Waals surface area contributed by atoms with Gasteiger partial charge in [-0.15, -0.1) is 10.2 Å². The van der Waals surface area contributed by atoms with Crippen molar-refractivity contribution in [2.24, 2.45) is 0 Å². The van der Waals surface area contributed by atoms with E-state index in [1.165, 1.54) is 16.9 Å². The number of nitrogens with zero attached hydrogens (tertiary/aromatic N) is 2. The fourth-order valence-electron chi connectivity index (χ4n) is 2.80. The second-order valence-corrected chi connectivity index (χ2v) is 7.72. The molecule has 0 spiro atoms. The quantitative estimate of drug-likeness (QED) is 0.566. The van der Waals surface area contributed by atoms with E-state index in [0.29, 0.717) is 18.2 Å². The van der Waals surface area contributed by atoms with Crippen LogP contribution in [0.5, 0.6) is 11.5 Å². The van der Waals surface area contributed by atoms with Gasteiger partial charge in [-0.2, -0.15) is 0 Å². The van der Waals surface area contributed by atoms with Crippen LogP contribution in [0, 0.1) is 13.8 Å². The van der Waals surface area contributed by atoms with Crippen LogP contribution in [0.3, 0.4) is 0 Å². The molecule has 0 saturated carbocycles. The summed E-state index contributed by atoms with van der Waals surface area (Å²) in [5.74, 6) is 1.32. The highest BCUT2D eigenvalue weighted by molar-refractivity contribution is 7.15. The molecular weight excluding hydrogens is 386 g/mol. The van der Waals surface area contributed by atoms with Gasteiger partial charge in [-0.1, -0.05) is 48.6 Å². The molecule has 1 heterocycles. The first-order valence-electron chi connectivity index (χ1n) is 9.58. The molecule has 152 valence electrons. The van der Waals surface area contributed by atoms with Gasteiger partial charge in [-0.25, -0.2) is 0 Å². The molecule has 7 heteroatoms. The summed E-state index contributed by atoms with van der Waals surface area (Å²) in [6.07, 6.45) is 1.64. The first-order valence-corrected chi connectivity index (χ1v) is 10.4. The molecule has 0 radical (unpaired) electrons. The Morgan fingerprint density at radius 1 is 1.03 bits per heavy atom. The molecule has 1 amide bonds. The minimum absolute atomic E-state index is 0.0720. The molecule has 0 unspecified atom stereocenters. The fourth-order valence-corrected chi connectivity index (χ4v) is 3.54. The van der Waals surface area contributed by atoms with E-state index in [4.69, 9.17) is 9.47 Å². The molecule has 0 aliphatic heterocycles. The molecule has 0 saturated heterocycles. The number of anilines is 1. The van der Waals surface area contributed by atoms with Crippen molar-refractivity contribution in [3.63, 3.8) is 0 Å². The summed E-state index contributed by atoms with van der Waals surface area (Å²) in [4.78, 5) is 12.1. The van der Waals surface area contributed by atoms with E-state index in [-0.39, 0.29) is 12.5 Å². The highest BCUT2D eigenvalue weighted by atomic mass is 32.1. The molecule has 29 heavy (non-hydrogen) atoms. The number of rotatable bonds is 9. The van der Waals surface area contributed by atoms with E-state index in [1.807, 2.05) is 44.2 Å². The van der Waals surface area contributed by atoms with Crippen molar-refractivity contribution in [3.8, 4) is 11.5 Å². The van der Waals surface area contributed by atoms with Gasteiger partial charge in [0.1, 0.15) is 16.5 Å². The molecule has 3 rings (SSSR count). The summed E-state index contributed by atoms with van der Waals surface area (Å²) in [7, 11) is 0. The van der Waals surface area contributed by atoms with Crippen LogP contribution in [0.4, 0.5) is 5.13 Å². The summed E-state index contributed by atoms with van der Waals surface area (Å²) >= 11 is 1.34. The zero-order valence-corrected chi connectivity index (χ0v) is 17.7. The van der Waals surface area contributed by atoms with Crippen molar-refractivity contribution in [1.82, 2.24) is 10.2 Å². The summed E-state index contributed by atoms with van der Waals surface area (Å²) in [5.41, 5.74) is 3.28. The van der Waals surface area contributed by atoms with Crippen LogP contribution in [0.25, 0.3) is 0 Å². The Morgan fingerprint density at radius 2 is 1.76 bits per heavy atom. The second-order valence-electron chi connectivity index (χ2n) is 6.65. The van der Waals surface area contributed by atoms with Gasteiger partial charge in [0.15, 0.2) is 6.61 Å². The third-order valence-electron chi connectivity index (χ3n) is 4.39. The number of nitrogens with one attached hydrogen (secondary N) is 1. The Balaban J connectivity index is 1.43. The molecule has 0 bridgehead atoms. The number of ether oxygens (including phenoxy) is 2. The van der Waals surface area contributed by atoms with Gasteiger partial charge < -0.3 is 9.47 Å². The lowest BCUT2D eigenvalue weighted by Gasteiger charge is -2.11. The average molecular weight is 412 g/mol. The number of amides is 1. The molecule has 6 nitrogen and oxygen atoms in total. The second kappa shape index (κ2) is 10.0. The Labute approximate surface area is 174 Å². The van der Waals surface area contributed by atoms with Crippen LogP contribution in [0.15, 0.2) is 42.5 Å². The van der Waals surface area contributed by atoms with Gasteiger partial charge in [0.05, 0.1) is 6.61 Å². The lowest BCUT2D eigenvalue weighted by molar-refractivity contribution is -0.118. The van der Waals surface area contributed by atoms with Gasteiger partial charge >= 0.3 is 0 Å². The lowest BCUT2D eigenvalue weighted by Crippen LogP contribution is -2.20. The Bertz CT molecular complexity index is 934. The zero-order valence-electron chi connectivity index (χ0n) is 16.9. The van der Waals surface area contributed by atoms with Crippen LogP contribution >= 0.6 is 11.3 Å². The first-order chi connectivity index (χ1) is 14.0. The van der Waals surface area contributed by atoms with Crippen molar-refractivity contribution in [2.45, 2.75) is 33.6 Å². The zero-order chi connectivity index (χ0) is 20.6. The van der Waals surface area contributed by atoms with Gasteiger partial charge in [0, 0.05) is 6.42 Å². The summed E-state index contributed by atoms with van der Waals surface area (Å²) in [6.45, 7) is 6.47. The molecule has 2 aromatic carbocycles. The third kappa shape index (κ3) is 6.02. The molecule has 1 N–H and O–H groups in total. The van der Waals surface area contributed by atoms with E-state index in [2.05, 4.69) is 34.6 Å². The number of para-hydroxylation sites is 1. The van der Waals surface area contributed by atoms with Crippen LogP contribution in [0.2, 0.25) is 0 Å². The third-order valence-corrected chi connectivity index (χ3v) is 5.28. The summed E-state index contributed by atoms with van der Waals surface area (Å²) in [5, 5.41) is 12.1. The number of aryl methyl sites for hydroxylation is 3. The maximum atomic E-state index is 12.1. The standard InChI is InChI=1S/C22H25N3O3S/c1-4-17-8-10-18(11-9-17)27-13-12-20-24-25-22(29-20)23-19(26)14-28-21-15(2)6-5-7-16(21)3/h5-11H,4,12-14H2,1-3H3,(H,23,25,26). The Hall–Kier alpha value is -2.93. The SMILES string of the molecule is CCc1ccc(OCCc2nnc(NC(=O)COc3c(C)cccc3C)s2)cc1. The fraction of sp³-hybridized carbons (Fsp3) is 0.318. The molecule has 0 aliphatic rings. The molecular formula is C22H25N3O3S. The predicted molar refractivity (Wildman–Crippen MR) is 115 cm³/mol. The Kier molecular flexibility index (Phi) is 7.19. The maximum absolute atomic E-state index is 12.1. The van der Waals surface area contributed by atoms with Crippen LogP contribution in [-0.2, 0) is 17.6 Å². The number of hydrogen-bond acceptors (Lipinski definition) is 6. The predicted octanol–water partition coefficient (Wildman–Crippen LogP) is 4.36. The van der Waals surface area contributed by atoms with E-state index in [0.717, 1.165) is 34.1 Å². The molecule has 1 aromatic heterocycles. The molecule has 0 atom stereocenters. The monoisotopic (exact) mass is 411 g/mol. The number of carbonyl (C=O) groups is 1. The largest absolute Gasteiger partial charge is 0.493 e. The Morgan fingerprint density at radius 3 is 2.45 bits per heavy atom. The summed E-state index contributed by atoms with van der Waals surface area (Å²) in [6, 6.07) is 13.9. The number of benzene rings is 2. The average Bonchev–Trinajstić information content (AvgIpc) is 3.15. The van der Waals surface area contributed by atoms with E-state index >= 15 is 0 Å². The number of hydrogen-bond donors (Lipinski definition) is 1. The van der Waals surface area contributed by atoms with Crippen LogP contribution in [-0.4, -0.2) is 29.3 Å². The number of aromatic nitrogens is 2. The van der Waals surface area contributed by atoms with E-state index in [1.54, 1.807) is 0 Å². The first kappa shape index (κ1) is 20.8. The minimum Gasteiger partial charge on any atom is -0.493 e. The maximum Gasteiger partial charge on any atom is 0.264 e. The van der Waals surface area contributed by atoms with Crippen molar-refractivity contribution in [1.29, 1.82) is 0 Å². The minimum atomic E-state index is -0.261. The lowest BCUT2D eigenvalue weighted by atomic mass is 10.1. The molecule has 0 fully saturated rings. The van der Waals surface area contributed by atoms with Crippen molar-refractivity contribution in [2.75, 3.05) is 18.5 Å². The van der Waals surface area contributed by atoms with Crippen LogP contribution < -0.4 is 14.8 Å². The van der Waals surface area contributed by atoms with Crippen molar-refractivity contribution in [3.05, 3.63) is 64.2 Å². The number of carbonyl (C=O) groups excluding carboxylic acids is 1. The highest BCUT2D eigenvalue weighted by Gasteiger charge is 2.11. The molecule has 0 aliphatic carbocycles. The smallest absolute Gasteiger partial charge is 0.264 e. The van der Waals surface area contributed by atoms with Gasteiger partial charge in [0.25, 0.3) is 5.91 Å². The van der Waals surface area contributed by atoms with Gasteiger partial charge in [-0.3, -0.25) is 10.1 Å². The van der Waals surface area contributed by atoms with E-state index < -0.39 is 0 Å². The highest BCUT2D eigenvalue weighted by Crippen LogP contribution is 2.22. The van der Waals surface area contributed by atoms with Crippen molar-refractivity contribution >= 4 is 22.4 Å².